The van der Waals surface area contributed by atoms with Gasteiger partial charge in [-0.3, -0.25) is 0 Å². The molecule has 0 bridgehead atoms. The van der Waals surface area contributed by atoms with Crippen LogP contribution in [0.15, 0.2) is 52.3 Å². The first kappa shape index (κ1) is 15.4. The molecule has 0 spiro atoms. The van der Waals surface area contributed by atoms with Gasteiger partial charge >= 0.3 is 0 Å². The number of hydrogen-bond acceptors (Lipinski definition) is 2. The Balaban J connectivity index is 2.06. The summed E-state index contributed by atoms with van der Waals surface area (Å²) in [5.74, 6) is -0.230. The van der Waals surface area contributed by atoms with Gasteiger partial charge in [0.2, 0.25) is 0 Å². The van der Waals surface area contributed by atoms with Crippen LogP contribution in [0.1, 0.15) is 18.9 Å². The Bertz CT molecular complexity index is 574. The van der Waals surface area contributed by atoms with Crippen molar-refractivity contribution < 1.29 is 4.39 Å². The van der Waals surface area contributed by atoms with Crippen molar-refractivity contribution in [3.63, 3.8) is 0 Å². The second kappa shape index (κ2) is 7.67. The third kappa shape index (κ3) is 4.51. The molecule has 0 fully saturated rings. The summed E-state index contributed by atoms with van der Waals surface area (Å²) in [5, 5.41) is 4.04. The van der Waals surface area contributed by atoms with Gasteiger partial charge in [-0.05, 0) is 48.9 Å². The molecule has 0 atom stereocenters. The lowest BCUT2D eigenvalue weighted by molar-refractivity contribution is 0.624. The van der Waals surface area contributed by atoms with Gasteiger partial charge in [0.25, 0.3) is 0 Å². The minimum Gasteiger partial charge on any atom is -0.313 e. The van der Waals surface area contributed by atoms with Crippen LogP contribution in [0.5, 0.6) is 0 Å². The lowest BCUT2D eigenvalue weighted by Crippen LogP contribution is -2.13. The van der Waals surface area contributed by atoms with Crippen molar-refractivity contribution >= 4 is 23.4 Å². The first-order valence-corrected chi connectivity index (χ1v) is 7.81. The molecule has 2 rings (SSSR count). The largest absolute Gasteiger partial charge is 0.313 e. The smallest absolute Gasteiger partial charge is 0.124 e. The maximum absolute atomic E-state index is 13.2. The molecule has 106 valence electrons. The zero-order valence-corrected chi connectivity index (χ0v) is 12.9. The molecule has 0 amide bonds. The Kier molecular flexibility index (Phi) is 5.89. The van der Waals surface area contributed by atoms with Crippen LogP contribution >= 0.6 is 23.4 Å². The Morgan fingerprint density at radius 2 is 2.05 bits per heavy atom. The predicted molar refractivity (Wildman–Crippen MR) is 84.0 cm³/mol. The minimum absolute atomic E-state index is 0.230. The predicted octanol–water partition coefficient (Wildman–Crippen LogP) is 5.13. The number of benzene rings is 2. The topological polar surface area (TPSA) is 12.0 Å². The molecule has 0 aliphatic heterocycles. The third-order valence-electron chi connectivity index (χ3n) is 2.78. The molecule has 1 N–H and O–H groups in total. The molecule has 0 aliphatic rings. The van der Waals surface area contributed by atoms with Gasteiger partial charge in [-0.2, -0.15) is 0 Å². The van der Waals surface area contributed by atoms with E-state index in [1.54, 1.807) is 6.07 Å². The average Bonchev–Trinajstić information content (AvgIpc) is 2.42. The fraction of sp³-hybridized carbons (Fsp3) is 0.250. The van der Waals surface area contributed by atoms with E-state index in [1.807, 2.05) is 18.2 Å². The Labute approximate surface area is 128 Å². The molecule has 2 aromatic carbocycles. The van der Waals surface area contributed by atoms with Crippen LogP contribution in [0.25, 0.3) is 0 Å². The van der Waals surface area contributed by atoms with E-state index in [1.165, 1.54) is 23.9 Å². The molecule has 0 saturated carbocycles. The monoisotopic (exact) mass is 309 g/mol. The van der Waals surface area contributed by atoms with Gasteiger partial charge in [-0.25, -0.2) is 4.39 Å². The molecule has 0 aliphatic carbocycles. The standard InChI is InChI=1S/C16H17ClFNS/c1-2-8-19-11-12-6-7-16(15(17)9-12)20-14-5-3-4-13(18)10-14/h3-7,9-10,19H,2,8,11H2,1H3. The number of nitrogens with one attached hydrogen (secondary N) is 1. The maximum atomic E-state index is 13.2. The van der Waals surface area contributed by atoms with Crippen molar-refractivity contribution in [2.45, 2.75) is 29.7 Å². The highest BCUT2D eigenvalue weighted by molar-refractivity contribution is 7.99. The summed E-state index contributed by atoms with van der Waals surface area (Å²) in [7, 11) is 0. The summed E-state index contributed by atoms with van der Waals surface area (Å²) < 4.78 is 13.2. The van der Waals surface area contributed by atoms with Gasteiger partial charge in [0.15, 0.2) is 0 Å². The number of hydrogen-bond donors (Lipinski definition) is 1. The van der Waals surface area contributed by atoms with Crippen molar-refractivity contribution in [1.82, 2.24) is 5.32 Å². The molecule has 4 heteroatoms. The molecule has 20 heavy (non-hydrogen) atoms. The zero-order valence-electron chi connectivity index (χ0n) is 11.3. The van der Waals surface area contributed by atoms with E-state index in [2.05, 4.69) is 18.3 Å². The van der Waals surface area contributed by atoms with Crippen LogP contribution in [-0.4, -0.2) is 6.54 Å². The van der Waals surface area contributed by atoms with Crippen molar-refractivity contribution in [1.29, 1.82) is 0 Å². The molecule has 2 aromatic rings. The summed E-state index contributed by atoms with van der Waals surface area (Å²) in [6, 6.07) is 12.5. The fourth-order valence-corrected chi connectivity index (χ4v) is 2.99. The van der Waals surface area contributed by atoms with Crippen molar-refractivity contribution in [3.05, 3.63) is 58.9 Å². The zero-order chi connectivity index (χ0) is 14.4. The van der Waals surface area contributed by atoms with Gasteiger partial charge in [0.05, 0.1) is 5.02 Å². The van der Waals surface area contributed by atoms with E-state index in [-0.39, 0.29) is 5.82 Å². The number of rotatable bonds is 6. The Morgan fingerprint density at radius 1 is 1.20 bits per heavy atom. The summed E-state index contributed by atoms with van der Waals surface area (Å²) >= 11 is 7.76. The van der Waals surface area contributed by atoms with Crippen LogP contribution in [0.3, 0.4) is 0 Å². The minimum atomic E-state index is -0.230. The van der Waals surface area contributed by atoms with E-state index in [0.29, 0.717) is 5.02 Å². The van der Waals surface area contributed by atoms with Crippen molar-refractivity contribution in [2.75, 3.05) is 6.54 Å². The van der Waals surface area contributed by atoms with E-state index in [4.69, 9.17) is 11.6 Å². The second-order valence-electron chi connectivity index (χ2n) is 4.50. The molecular formula is C16H17ClFNS. The number of halogens is 2. The lowest BCUT2D eigenvalue weighted by atomic mass is 10.2. The molecule has 0 heterocycles. The highest BCUT2D eigenvalue weighted by Crippen LogP contribution is 2.34. The Hall–Kier alpha value is -1.03. The van der Waals surface area contributed by atoms with Crippen molar-refractivity contribution in [3.8, 4) is 0 Å². The molecular weight excluding hydrogens is 293 g/mol. The van der Waals surface area contributed by atoms with Crippen LogP contribution < -0.4 is 5.32 Å². The Morgan fingerprint density at radius 3 is 2.75 bits per heavy atom. The molecule has 1 nitrogen and oxygen atoms in total. The second-order valence-corrected chi connectivity index (χ2v) is 6.02. The van der Waals surface area contributed by atoms with Crippen LogP contribution in [-0.2, 0) is 6.54 Å². The SMILES string of the molecule is CCCNCc1ccc(Sc2cccc(F)c2)c(Cl)c1. The first-order valence-electron chi connectivity index (χ1n) is 6.61. The maximum Gasteiger partial charge on any atom is 0.124 e. The van der Waals surface area contributed by atoms with E-state index < -0.39 is 0 Å². The van der Waals surface area contributed by atoms with Gasteiger partial charge in [-0.1, -0.05) is 42.4 Å². The van der Waals surface area contributed by atoms with Crippen LogP contribution in [0, 0.1) is 5.82 Å². The lowest BCUT2D eigenvalue weighted by Gasteiger charge is -2.08. The summed E-state index contributed by atoms with van der Waals surface area (Å²) in [5.41, 5.74) is 1.16. The highest BCUT2D eigenvalue weighted by atomic mass is 35.5. The van der Waals surface area contributed by atoms with Crippen LogP contribution in [0.4, 0.5) is 4.39 Å². The van der Waals surface area contributed by atoms with E-state index >= 15 is 0 Å². The highest BCUT2D eigenvalue weighted by Gasteiger charge is 2.05. The quantitative estimate of drug-likeness (QED) is 0.742. The molecule has 0 saturated heterocycles. The summed E-state index contributed by atoms with van der Waals surface area (Å²) in [4.78, 5) is 1.79. The van der Waals surface area contributed by atoms with E-state index in [0.717, 1.165) is 34.9 Å². The average molecular weight is 310 g/mol. The fourth-order valence-electron chi connectivity index (χ4n) is 1.80. The van der Waals surface area contributed by atoms with Gasteiger partial charge in [-0.15, -0.1) is 0 Å². The molecule has 0 aromatic heterocycles. The summed E-state index contributed by atoms with van der Waals surface area (Å²) in [6.07, 6.45) is 1.11. The normalized spacial score (nSPS) is 10.8. The third-order valence-corrected chi connectivity index (χ3v) is 4.27. The van der Waals surface area contributed by atoms with Crippen LogP contribution in [0.2, 0.25) is 5.02 Å². The van der Waals surface area contributed by atoms with E-state index in [9.17, 15) is 4.39 Å². The van der Waals surface area contributed by atoms with Gasteiger partial charge < -0.3 is 5.32 Å². The van der Waals surface area contributed by atoms with Crippen molar-refractivity contribution in [2.24, 2.45) is 0 Å². The molecule has 0 unspecified atom stereocenters. The summed E-state index contributed by atoms with van der Waals surface area (Å²) in [6.45, 7) is 3.95. The molecule has 0 radical (unpaired) electrons. The van der Waals surface area contributed by atoms with Gasteiger partial charge in [0, 0.05) is 16.3 Å². The first-order chi connectivity index (χ1) is 9.69. The van der Waals surface area contributed by atoms with Gasteiger partial charge in [0.1, 0.15) is 5.82 Å².